The predicted octanol–water partition coefficient (Wildman–Crippen LogP) is 6.98. The molecule has 4 rings (SSSR count). The van der Waals surface area contributed by atoms with Gasteiger partial charge in [-0.05, 0) is 47.9 Å². The van der Waals surface area contributed by atoms with Crippen molar-refractivity contribution in [2.45, 2.75) is 64.2 Å². The average Bonchev–Trinajstić information content (AvgIpc) is 3.01. The van der Waals surface area contributed by atoms with Gasteiger partial charge in [0.1, 0.15) is 0 Å². The van der Waals surface area contributed by atoms with E-state index < -0.39 is 0 Å². The molecule has 0 bridgehead atoms. The second kappa shape index (κ2) is 6.37. The Labute approximate surface area is 151 Å². The van der Waals surface area contributed by atoms with Crippen LogP contribution >= 0.6 is 0 Å². The Morgan fingerprint density at radius 1 is 0.840 bits per heavy atom. The molecule has 0 radical (unpaired) electrons. The molecule has 0 unspecified atom stereocenters. The van der Waals surface area contributed by atoms with Crippen molar-refractivity contribution < 1.29 is 0 Å². The Kier molecular flexibility index (Phi) is 4.19. The Balaban J connectivity index is 1.98. The van der Waals surface area contributed by atoms with Crippen molar-refractivity contribution >= 4 is 10.9 Å². The summed E-state index contributed by atoms with van der Waals surface area (Å²) in [5.41, 5.74) is 5.77. The summed E-state index contributed by atoms with van der Waals surface area (Å²) < 4.78 is 2.56. The maximum atomic E-state index is 2.56. The zero-order valence-corrected chi connectivity index (χ0v) is 15.8. The first kappa shape index (κ1) is 16.4. The van der Waals surface area contributed by atoms with E-state index >= 15 is 0 Å². The van der Waals surface area contributed by atoms with E-state index in [-0.39, 0.29) is 5.41 Å². The smallest absolute Gasteiger partial charge is 0.0531 e. The summed E-state index contributed by atoms with van der Waals surface area (Å²) in [6.07, 6.45) is 6.79. The molecule has 0 aliphatic heterocycles. The molecule has 0 N–H and O–H groups in total. The summed E-state index contributed by atoms with van der Waals surface area (Å²) in [6.45, 7) is 6.95. The largest absolute Gasteiger partial charge is 0.313 e. The zero-order chi connectivity index (χ0) is 17.4. The number of fused-ring (bicyclic) bond motifs is 1. The Morgan fingerprint density at radius 2 is 1.52 bits per heavy atom. The molecule has 0 saturated heterocycles. The van der Waals surface area contributed by atoms with Crippen LogP contribution in [0.25, 0.3) is 16.6 Å². The van der Waals surface area contributed by atoms with Crippen LogP contribution in [0.5, 0.6) is 0 Å². The number of nitrogens with zero attached hydrogens (tertiary/aromatic N) is 1. The molecule has 3 aromatic rings. The summed E-state index contributed by atoms with van der Waals surface area (Å²) in [4.78, 5) is 0. The van der Waals surface area contributed by atoms with E-state index in [0.717, 1.165) is 0 Å². The topological polar surface area (TPSA) is 4.93 Å². The van der Waals surface area contributed by atoms with Crippen molar-refractivity contribution in [3.05, 3.63) is 65.9 Å². The molecule has 1 aromatic heterocycles. The normalized spacial score (nSPS) is 16.4. The molecular formula is C24H29N. The second-order valence-corrected chi connectivity index (χ2v) is 8.57. The number of hydrogen-bond acceptors (Lipinski definition) is 0. The highest BCUT2D eigenvalue weighted by molar-refractivity contribution is 5.84. The molecule has 1 aliphatic rings. The SMILES string of the molecule is CC(C)(C)c1ccccc1-n1c(C2CCCCC2)cc2ccccc21. The van der Waals surface area contributed by atoms with Gasteiger partial charge in [-0.1, -0.05) is 76.4 Å². The van der Waals surface area contributed by atoms with Crippen LogP contribution in [-0.4, -0.2) is 4.57 Å². The monoisotopic (exact) mass is 331 g/mol. The Morgan fingerprint density at radius 3 is 2.28 bits per heavy atom. The molecule has 130 valence electrons. The van der Waals surface area contributed by atoms with Crippen LogP contribution in [0.1, 0.15) is 70.1 Å². The van der Waals surface area contributed by atoms with E-state index in [2.05, 4.69) is 79.9 Å². The molecule has 1 heteroatoms. The maximum Gasteiger partial charge on any atom is 0.0531 e. The number of benzene rings is 2. The van der Waals surface area contributed by atoms with Gasteiger partial charge in [-0.25, -0.2) is 0 Å². The second-order valence-electron chi connectivity index (χ2n) is 8.57. The van der Waals surface area contributed by atoms with Gasteiger partial charge >= 0.3 is 0 Å². The van der Waals surface area contributed by atoms with Crippen LogP contribution in [0.4, 0.5) is 0 Å². The van der Waals surface area contributed by atoms with Gasteiger partial charge in [0.2, 0.25) is 0 Å². The third-order valence-electron chi connectivity index (χ3n) is 5.72. The third kappa shape index (κ3) is 3.01. The van der Waals surface area contributed by atoms with Gasteiger partial charge in [0, 0.05) is 16.8 Å². The van der Waals surface area contributed by atoms with Gasteiger partial charge in [0.05, 0.1) is 5.52 Å². The van der Waals surface area contributed by atoms with Crippen LogP contribution in [0.2, 0.25) is 0 Å². The summed E-state index contributed by atoms with van der Waals surface area (Å²) in [6, 6.07) is 20.3. The van der Waals surface area contributed by atoms with Crippen molar-refractivity contribution in [2.75, 3.05) is 0 Å². The fraction of sp³-hybridized carbons (Fsp3) is 0.417. The lowest BCUT2D eigenvalue weighted by molar-refractivity contribution is 0.433. The first-order valence-corrected chi connectivity index (χ1v) is 9.76. The van der Waals surface area contributed by atoms with Gasteiger partial charge < -0.3 is 4.57 Å². The van der Waals surface area contributed by atoms with Crippen LogP contribution < -0.4 is 0 Å². The number of para-hydroxylation sites is 2. The zero-order valence-electron chi connectivity index (χ0n) is 15.8. The maximum absolute atomic E-state index is 2.56. The molecule has 2 aromatic carbocycles. The van der Waals surface area contributed by atoms with Crippen LogP contribution in [0, 0.1) is 0 Å². The Hall–Kier alpha value is -2.02. The highest BCUT2D eigenvalue weighted by atomic mass is 15.0. The van der Waals surface area contributed by atoms with Crippen LogP contribution in [-0.2, 0) is 5.41 Å². The molecule has 0 amide bonds. The third-order valence-corrected chi connectivity index (χ3v) is 5.72. The summed E-state index contributed by atoms with van der Waals surface area (Å²) in [5.74, 6) is 0.689. The molecule has 1 aliphatic carbocycles. The predicted molar refractivity (Wildman–Crippen MR) is 108 cm³/mol. The highest BCUT2D eigenvalue weighted by Crippen LogP contribution is 2.39. The van der Waals surface area contributed by atoms with Gasteiger partial charge in [0.15, 0.2) is 0 Å². The molecule has 0 spiro atoms. The van der Waals surface area contributed by atoms with Gasteiger partial charge in [0.25, 0.3) is 0 Å². The van der Waals surface area contributed by atoms with Gasteiger partial charge in [-0.3, -0.25) is 0 Å². The van der Waals surface area contributed by atoms with E-state index in [0.29, 0.717) is 5.92 Å². The highest BCUT2D eigenvalue weighted by Gasteiger charge is 2.25. The molecular weight excluding hydrogens is 302 g/mol. The number of rotatable bonds is 2. The van der Waals surface area contributed by atoms with E-state index in [9.17, 15) is 0 Å². The van der Waals surface area contributed by atoms with Gasteiger partial charge in [-0.2, -0.15) is 0 Å². The average molecular weight is 332 g/mol. The van der Waals surface area contributed by atoms with E-state index in [1.807, 2.05) is 0 Å². The minimum atomic E-state index is 0.131. The summed E-state index contributed by atoms with van der Waals surface area (Å²) in [5, 5.41) is 1.37. The van der Waals surface area contributed by atoms with Crippen molar-refractivity contribution in [1.82, 2.24) is 4.57 Å². The molecule has 25 heavy (non-hydrogen) atoms. The Bertz CT molecular complexity index is 872. The minimum absolute atomic E-state index is 0.131. The lowest BCUT2D eigenvalue weighted by atomic mass is 9.84. The lowest BCUT2D eigenvalue weighted by Crippen LogP contribution is -2.17. The molecule has 1 heterocycles. The fourth-order valence-electron chi connectivity index (χ4n) is 4.45. The number of hydrogen-bond donors (Lipinski definition) is 0. The molecule has 1 nitrogen and oxygen atoms in total. The lowest BCUT2D eigenvalue weighted by Gasteiger charge is -2.28. The van der Waals surface area contributed by atoms with Crippen molar-refractivity contribution in [3.63, 3.8) is 0 Å². The first-order chi connectivity index (χ1) is 12.1. The molecule has 1 saturated carbocycles. The van der Waals surface area contributed by atoms with Crippen LogP contribution in [0.3, 0.4) is 0 Å². The van der Waals surface area contributed by atoms with Crippen molar-refractivity contribution in [2.24, 2.45) is 0 Å². The standard InChI is InChI=1S/C24H29N/c1-24(2,3)20-14-8-10-16-22(20)25-21-15-9-7-13-19(21)17-23(25)18-11-5-4-6-12-18/h7-10,13-18H,4-6,11-12H2,1-3H3. The van der Waals surface area contributed by atoms with Crippen LogP contribution in [0.15, 0.2) is 54.6 Å². The summed E-state index contributed by atoms with van der Waals surface area (Å²) >= 11 is 0. The van der Waals surface area contributed by atoms with E-state index in [1.165, 1.54) is 60.0 Å². The van der Waals surface area contributed by atoms with Crippen molar-refractivity contribution in [3.8, 4) is 5.69 Å². The van der Waals surface area contributed by atoms with Crippen molar-refractivity contribution in [1.29, 1.82) is 0 Å². The van der Waals surface area contributed by atoms with E-state index in [1.54, 1.807) is 0 Å². The molecule has 0 atom stereocenters. The number of aromatic nitrogens is 1. The molecule has 1 fully saturated rings. The minimum Gasteiger partial charge on any atom is -0.313 e. The fourth-order valence-corrected chi connectivity index (χ4v) is 4.45. The van der Waals surface area contributed by atoms with E-state index in [4.69, 9.17) is 0 Å². The summed E-state index contributed by atoms with van der Waals surface area (Å²) in [7, 11) is 0. The van der Waals surface area contributed by atoms with Gasteiger partial charge in [-0.15, -0.1) is 0 Å². The quantitative estimate of drug-likeness (QED) is 0.477. The first-order valence-electron chi connectivity index (χ1n) is 9.76.